The summed E-state index contributed by atoms with van der Waals surface area (Å²) in [6.45, 7) is 4.52. The van der Waals surface area contributed by atoms with Gasteiger partial charge in [-0.15, -0.1) is 0 Å². The third-order valence-electron chi connectivity index (χ3n) is 3.60. The van der Waals surface area contributed by atoms with E-state index in [0.717, 1.165) is 31.5 Å². The summed E-state index contributed by atoms with van der Waals surface area (Å²) >= 11 is 0. The van der Waals surface area contributed by atoms with Crippen LogP contribution in [0, 0.1) is 23.6 Å². The van der Waals surface area contributed by atoms with Crippen molar-refractivity contribution < 1.29 is 9.50 Å². The molecule has 1 heterocycles. The first kappa shape index (κ1) is 14.0. The van der Waals surface area contributed by atoms with Gasteiger partial charge in [-0.2, -0.15) is 0 Å². The van der Waals surface area contributed by atoms with Crippen LogP contribution in [0.4, 0.5) is 4.39 Å². The number of aliphatic hydroxyl groups is 1. The Kier molecular flexibility index (Phi) is 4.95. The zero-order valence-corrected chi connectivity index (χ0v) is 11.3. The summed E-state index contributed by atoms with van der Waals surface area (Å²) < 4.78 is 12.7. The lowest BCUT2D eigenvalue weighted by Gasteiger charge is -2.32. The maximum atomic E-state index is 12.7. The Hall–Kier alpha value is -1.37. The third kappa shape index (κ3) is 4.34. The molecule has 1 aromatic carbocycles. The predicted octanol–water partition coefficient (Wildman–Crippen LogP) is 2.27. The molecule has 1 aliphatic rings. The molecule has 0 saturated carbocycles. The normalized spacial score (nSPS) is 21.5. The molecule has 1 N–H and O–H groups in total. The molecular weight excluding hydrogens is 241 g/mol. The average molecular weight is 261 g/mol. The molecule has 0 aliphatic carbocycles. The van der Waals surface area contributed by atoms with Crippen LogP contribution in [0.1, 0.15) is 25.3 Å². The maximum Gasteiger partial charge on any atom is 0.123 e. The molecule has 19 heavy (non-hydrogen) atoms. The van der Waals surface area contributed by atoms with Gasteiger partial charge in [0.2, 0.25) is 0 Å². The summed E-state index contributed by atoms with van der Waals surface area (Å²) in [5, 5.41) is 9.63. The standard InChI is InChI=1S/C16H20FNO/c1-13(19)15-5-3-11-18(12-15)10-2-4-14-6-8-16(17)9-7-14/h6-9,13,15,19H,3,5,10-12H2,1H3. The van der Waals surface area contributed by atoms with Gasteiger partial charge in [-0.1, -0.05) is 11.8 Å². The van der Waals surface area contributed by atoms with Crippen molar-refractivity contribution in [1.29, 1.82) is 0 Å². The molecule has 0 spiro atoms. The van der Waals surface area contributed by atoms with Crippen LogP contribution in [0.3, 0.4) is 0 Å². The number of halogens is 1. The largest absolute Gasteiger partial charge is 0.393 e. The highest BCUT2D eigenvalue weighted by molar-refractivity contribution is 5.34. The van der Waals surface area contributed by atoms with Crippen molar-refractivity contribution in [3.05, 3.63) is 35.6 Å². The van der Waals surface area contributed by atoms with Gasteiger partial charge in [-0.25, -0.2) is 4.39 Å². The molecule has 1 aromatic rings. The second-order valence-electron chi connectivity index (χ2n) is 5.19. The minimum Gasteiger partial charge on any atom is -0.393 e. The van der Waals surface area contributed by atoms with Gasteiger partial charge in [-0.05, 0) is 56.5 Å². The molecule has 0 amide bonds. The Bertz CT molecular complexity index is 458. The Morgan fingerprint density at radius 2 is 2.16 bits per heavy atom. The van der Waals surface area contributed by atoms with E-state index in [1.807, 2.05) is 6.92 Å². The minimum atomic E-state index is -0.243. The van der Waals surface area contributed by atoms with Gasteiger partial charge in [-0.3, -0.25) is 4.90 Å². The van der Waals surface area contributed by atoms with Crippen molar-refractivity contribution in [3.8, 4) is 11.8 Å². The third-order valence-corrected chi connectivity index (χ3v) is 3.60. The Morgan fingerprint density at radius 3 is 2.84 bits per heavy atom. The van der Waals surface area contributed by atoms with Crippen LogP contribution in [0.25, 0.3) is 0 Å². The lowest BCUT2D eigenvalue weighted by atomic mass is 9.93. The fourth-order valence-electron chi connectivity index (χ4n) is 2.42. The summed E-state index contributed by atoms with van der Waals surface area (Å²) in [7, 11) is 0. The van der Waals surface area contributed by atoms with Gasteiger partial charge < -0.3 is 5.11 Å². The van der Waals surface area contributed by atoms with Crippen LogP contribution >= 0.6 is 0 Å². The second-order valence-corrected chi connectivity index (χ2v) is 5.19. The quantitative estimate of drug-likeness (QED) is 0.826. The highest BCUT2D eigenvalue weighted by Gasteiger charge is 2.22. The number of nitrogens with zero attached hydrogens (tertiary/aromatic N) is 1. The van der Waals surface area contributed by atoms with Crippen LogP contribution in [0.5, 0.6) is 0 Å². The minimum absolute atomic E-state index is 0.235. The molecule has 102 valence electrons. The van der Waals surface area contributed by atoms with Gasteiger partial charge >= 0.3 is 0 Å². The number of benzene rings is 1. The summed E-state index contributed by atoms with van der Waals surface area (Å²) in [5.74, 6) is 6.29. The van der Waals surface area contributed by atoms with E-state index in [0.29, 0.717) is 12.5 Å². The molecule has 0 radical (unpaired) electrons. The smallest absolute Gasteiger partial charge is 0.123 e. The van der Waals surface area contributed by atoms with Gasteiger partial charge in [0.25, 0.3) is 0 Å². The summed E-state index contributed by atoms with van der Waals surface area (Å²) in [6.07, 6.45) is 1.97. The Morgan fingerprint density at radius 1 is 1.42 bits per heavy atom. The van der Waals surface area contributed by atoms with Crippen LogP contribution in [0.15, 0.2) is 24.3 Å². The first-order valence-electron chi connectivity index (χ1n) is 6.80. The lowest BCUT2D eigenvalue weighted by molar-refractivity contribution is 0.0682. The molecule has 2 nitrogen and oxygen atoms in total. The van der Waals surface area contributed by atoms with Crippen LogP contribution in [-0.4, -0.2) is 35.7 Å². The molecule has 1 aliphatic heterocycles. The van der Waals surface area contributed by atoms with Crippen molar-refractivity contribution in [2.75, 3.05) is 19.6 Å². The second kappa shape index (κ2) is 6.70. The van der Waals surface area contributed by atoms with Crippen molar-refractivity contribution in [2.45, 2.75) is 25.9 Å². The topological polar surface area (TPSA) is 23.5 Å². The first-order valence-corrected chi connectivity index (χ1v) is 6.80. The molecule has 0 aromatic heterocycles. The number of likely N-dealkylation sites (tertiary alicyclic amines) is 1. The number of rotatable bonds is 2. The van der Waals surface area contributed by atoms with E-state index in [2.05, 4.69) is 16.7 Å². The maximum absolute atomic E-state index is 12.7. The number of hydrogen-bond acceptors (Lipinski definition) is 2. The van der Waals surface area contributed by atoms with Gasteiger partial charge in [0, 0.05) is 12.1 Å². The number of hydrogen-bond donors (Lipinski definition) is 1. The van der Waals surface area contributed by atoms with Gasteiger partial charge in [0.05, 0.1) is 12.6 Å². The van der Waals surface area contributed by atoms with E-state index in [9.17, 15) is 9.50 Å². The van der Waals surface area contributed by atoms with E-state index in [-0.39, 0.29) is 11.9 Å². The molecule has 2 rings (SSSR count). The van der Waals surface area contributed by atoms with E-state index < -0.39 is 0 Å². The van der Waals surface area contributed by atoms with Gasteiger partial charge in [0.1, 0.15) is 5.82 Å². The molecule has 2 atom stereocenters. The summed E-state index contributed by atoms with van der Waals surface area (Å²) in [6, 6.07) is 6.23. The zero-order chi connectivity index (χ0) is 13.7. The summed E-state index contributed by atoms with van der Waals surface area (Å²) in [4.78, 5) is 2.28. The van der Waals surface area contributed by atoms with Crippen molar-refractivity contribution in [2.24, 2.45) is 5.92 Å². The molecule has 2 unspecified atom stereocenters. The van der Waals surface area contributed by atoms with E-state index in [1.165, 1.54) is 12.1 Å². The highest BCUT2D eigenvalue weighted by atomic mass is 19.1. The van der Waals surface area contributed by atoms with Crippen LogP contribution in [-0.2, 0) is 0 Å². The number of piperidine rings is 1. The molecule has 0 bridgehead atoms. The average Bonchev–Trinajstić information content (AvgIpc) is 2.41. The van der Waals surface area contributed by atoms with E-state index in [4.69, 9.17) is 0 Å². The fourth-order valence-corrected chi connectivity index (χ4v) is 2.42. The predicted molar refractivity (Wildman–Crippen MR) is 74.1 cm³/mol. The lowest BCUT2D eigenvalue weighted by Crippen LogP contribution is -2.39. The fraction of sp³-hybridized carbons (Fsp3) is 0.500. The van der Waals surface area contributed by atoms with E-state index in [1.54, 1.807) is 12.1 Å². The van der Waals surface area contributed by atoms with Crippen molar-refractivity contribution in [1.82, 2.24) is 4.90 Å². The highest BCUT2D eigenvalue weighted by Crippen LogP contribution is 2.19. The Labute approximate surface area is 114 Å². The molecule has 3 heteroatoms. The molecule has 1 saturated heterocycles. The van der Waals surface area contributed by atoms with Crippen LogP contribution in [0.2, 0.25) is 0 Å². The van der Waals surface area contributed by atoms with Crippen molar-refractivity contribution >= 4 is 0 Å². The molecular formula is C16H20FNO. The zero-order valence-electron chi connectivity index (χ0n) is 11.3. The molecule has 1 fully saturated rings. The monoisotopic (exact) mass is 261 g/mol. The first-order chi connectivity index (χ1) is 9.15. The SMILES string of the molecule is CC(O)C1CCCN(CC#Cc2ccc(F)cc2)C1. The Balaban J connectivity index is 1.87. The number of aliphatic hydroxyl groups excluding tert-OH is 1. The van der Waals surface area contributed by atoms with E-state index >= 15 is 0 Å². The van der Waals surface area contributed by atoms with Crippen LogP contribution < -0.4 is 0 Å². The van der Waals surface area contributed by atoms with Crippen molar-refractivity contribution in [3.63, 3.8) is 0 Å². The van der Waals surface area contributed by atoms with Gasteiger partial charge in [0.15, 0.2) is 0 Å². The summed E-state index contributed by atoms with van der Waals surface area (Å²) in [5.41, 5.74) is 0.838.